The zero-order valence-corrected chi connectivity index (χ0v) is 20.5. The molecular formula is C29H26N4O5. The molecule has 0 radical (unpaired) electrons. The summed E-state index contributed by atoms with van der Waals surface area (Å²) in [6.45, 7) is 0.608. The quantitative estimate of drug-likeness (QED) is 0.304. The summed E-state index contributed by atoms with van der Waals surface area (Å²) in [6, 6.07) is 21.2. The Bertz CT molecular complexity index is 1510. The fourth-order valence-corrected chi connectivity index (χ4v) is 4.45. The molecule has 4 aromatic rings. The lowest BCUT2D eigenvalue weighted by Crippen LogP contribution is -2.32. The van der Waals surface area contributed by atoms with Crippen LogP contribution in [0.3, 0.4) is 0 Å². The van der Waals surface area contributed by atoms with Crippen LogP contribution >= 0.6 is 0 Å². The normalized spacial score (nSPS) is 13.8. The number of rotatable bonds is 7. The number of amides is 2. The highest BCUT2D eigenvalue weighted by molar-refractivity contribution is 6.05. The first-order valence-electron chi connectivity index (χ1n) is 12.5. The van der Waals surface area contributed by atoms with Crippen LogP contribution in [0.1, 0.15) is 40.4 Å². The molecule has 0 bridgehead atoms. The Kier molecular flexibility index (Phi) is 6.17. The zero-order valence-electron chi connectivity index (χ0n) is 20.5. The maximum atomic E-state index is 13.0. The molecule has 9 nitrogen and oxygen atoms in total. The van der Waals surface area contributed by atoms with E-state index in [1.807, 2.05) is 36.4 Å². The molecule has 1 fully saturated rings. The molecular weight excluding hydrogens is 484 g/mol. The van der Waals surface area contributed by atoms with Crippen molar-refractivity contribution in [2.75, 3.05) is 18.7 Å². The highest BCUT2D eigenvalue weighted by Gasteiger charge is 2.31. The summed E-state index contributed by atoms with van der Waals surface area (Å²) in [5.74, 6) is 1.04. The van der Waals surface area contributed by atoms with E-state index < -0.39 is 0 Å². The number of aromatic hydroxyl groups is 1. The standard InChI is InChI=1S/C29H26N4O5/c34-25-10-9-21(31-28(35)20-8-11-26-27(14-20)38-17-37-26)15-22(25)23-16-24(19-6-7-19)33(32-23)29(36)30-13-12-18-4-2-1-3-5-18/h1-5,8-11,14-16,19,34H,6-7,12-13,17H2,(H,30,36)(H,31,35). The van der Waals surface area contributed by atoms with Gasteiger partial charge in [0.25, 0.3) is 5.91 Å². The van der Waals surface area contributed by atoms with Crippen molar-refractivity contribution in [3.05, 3.63) is 89.6 Å². The van der Waals surface area contributed by atoms with Gasteiger partial charge in [0.2, 0.25) is 6.79 Å². The van der Waals surface area contributed by atoms with Crippen LogP contribution in [-0.2, 0) is 6.42 Å². The van der Waals surface area contributed by atoms with Crippen LogP contribution in [0.15, 0.2) is 72.8 Å². The van der Waals surface area contributed by atoms with Gasteiger partial charge in [-0.25, -0.2) is 4.79 Å². The van der Waals surface area contributed by atoms with Gasteiger partial charge in [0, 0.05) is 29.3 Å². The molecule has 2 aliphatic rings. The average molecular weight is 511 g/mol. The first-order valence-corrected chi connectivity index (χ1v) is 12.5. The van der Waals surface area contributed by atoms with Crippen molar-refractivity contribution in [3.63, 3.8) is 0 Å². The molecule has 38 heavy (non-hydrogen) atoms. The average Bonchev–Trinajstić information content (AvgIpc) is 3.50. The molecule has 1 aliphatic heterocycles. The SMILES string of the molecule is O=C(Nc1ccc(O)c(-c2cc(C3CC3)n(C(=O)NCCc3ccccc3)n2)c1)c1ccc2c(c1)OCO2. The molecule has 6 rings (SSSR count). The Balaban J connectivity index is 1.20. The lowest BCUT2D eigenvalue weighted by molar-refractivity contribution is 0.102. The number of phenolic OH excluding ortho intramolecular Hbond substituents is 1. The lowest BCUT2D eigenvalue weighted by atomic mass is 10.1. The number of hydrogen-bond acceptors (Lipinski definition) is 6. The van der Waals surface area contributed by atoms with Crippen LogP contribution in [-0.4, -0.2) is 40.2 Å². The highest BCUT2D eigenvalue weighted by Crippen LogP contribution is 2.42. The number of benzene rings is 3. The molecule has 1 saturated carbocycles. The molecule has 0 spiro atoms. The third-order valence-electron chi connectivity index (χ3n) is 6.62. The maximum Gasteiger partial charge on any atom is 0.342 e. The number of fused-ring (bicyclic) bond motifs is 1. The van der Waals surface area contributed by atoms with Gasteiger partial charge in [0.1, 0.15) is 5.75 Å². The third kappa shape index (κ3) is 4.90. The number of anilines is 1. The summed E-state index contributed by atoms with van der Waals surface area (Å²) in [7, 11) is 0. The highest BCUT2D eigenvalue weighted by atomic mass is 16.7. The van der Waals surface area contributed by atoms with Crippen LogP contribution < -0.4 is 20.1 Å². The minimum absolute atomic E-state index is 0.00237. The van der Waals surface area contributed by atoms with Crippen molar-refractivity contribution < 1.29 is 24.2 Å². The van der Waals surface area contributed by atoms with Crippen LogP contribution in [0.25, 0.3) is 11.3 Å². The fourth-order valence-electron chi connectivity index (χ4n) is 4.45. The van der Waals surface area contributed by atoms with Crippen LogP contribution in [0.5, 0.6) is 17.2 Å². The van der Waals surface area contributed by atoms with E-state index in [2.05, 4.69) is 15.7 Å². The summed E-state index contributed by atoms with van der Waals surface area (Å²) in [6.07, 6.45) is 2.69. The molecule has 0 atom stereocenters. The Morgan fingerprint density at radius 3 is 2.61 bits per heavy atom. The van der Waals surface area contributed by atoms with Gasteiger partial charge in [-0.05, 0) is 67.3 Å². The number of nitrogens with zero attached hydrogens (tertiary/aromatic N) is 2. The van der Waals surface area contributed by atoms with E-state index in [0.717, 1.165) is 24.1 Å². The lowest BCUT2D eigenvalue weighted by Gasteiger charge is -2.09. The molecule has 0 saturated heterocycles. The Morgan fingerprint density at radius 1 is 0.974 bits per heavy atom. The Morgan fingerprint density at radius 2 is 1.79 bits per heavy atom. The number of carbonyl (C=O) groups excluding carboxylic acids is 2. The second kappa shape index (κ2) is 9.93. The summed E-state index contributed by atoms with van der Waals surface area (Å²) >= 11 is 0. The number of ether oxygens (including phenoxy) is 2. The Hall–Kier alpha value is -4.79. The number of hydrogen-bond donors (Lipinski definition) is 3. The summed E-state index contributed by atoms with van der Waals surface area (Å²) in [5.41, 5.74) is 3.73. The molecule has 1 aliphatic carbocycles. The van der Waals surface area contributed by atoms with Gasteiger partial charge >= 0.3 is 6.03 Å². The van der Waals surface area contributed by atoms with E-state index in [0.29, 0.717) is 47.0 Å². The molecule has 192 valence electrons. The minimum Gasteiger partial charge on any atom is -0.507 e. The predicted molar refractivity (Wildman–Crippen MR) is 141 cm³/mol. The third-order valence-corrected chi connectivity index (χ3v) is 6.62. The monoisotopic (exact) mass is 510 g/mol. The molecule has 9 heteroatoms. The van der Waals surface area contributed by atoms with Gasteiger partial charge in [0.05, 0.1) is 11.4 Å². The van der Waals surface area contributed by atoms with Gasteiger partial charge < -0.3 is 25.2 Å². The summed E-state index contributed by atoms with van der Waals surface area (Å²) in [4.78, 5) is 25.9. The predicted octanol–water partition coefficient (Wildman–Crippen LogP) is 4.91. The first-order chi connectivity index (χ1) is 18.5. The Labute approximate surface area is 219 Å². The first kappa shape index (κ1) is 23.6. The van der Waals surface area contributed by atoms with Gasteiger partial charge in [-0.2, -0.15) is 9.78 Å². The van der Waals surface area contributed by atoms with Crippen LogP contribution in [0.2, 0.25) is 0 Å². The minimum atomic E-state index is -0.332. The largest absolute Gasteiger partial charge is 0.507 e. The van der Waals surface area contributed by atoms with E-state index >= 15 is 0 Å². The number of nitrogens with one attached hydrogen (secondary N) is 2. The van der Waals surface area contributed by atoms with E-state index in [-0.39, 0.29) is 30.4 Å². The van der Waals surface area contributed by atoms with E-state index in [9.17, 15) is 14.7 Å². The second-order valence-electron chi connectivity index (χ2n) is 9.36. The van der Waals surface area contributed by atoms with Gasteiger partial charge in [-0.3, -0.25) is 4.79 Å². The fraction of sp³-hybridized carbons (Fsp3) is 0.207. The van der Waals surface area contributed by atoms with Gasteiger partial charge in [-0.1, -0.05) is 30.3 Å². The number of phenols is 1. The van der Waals surface area contributed by atoms with Crippen LogP contribution in [0, 0.1) is 0 Å². The smallest absolute Gasteiger partial charge is 0.342 e. The van der Waals surface area contributed by atoms with Gasteiger partial charge in [0.15, 0.2) is 11.5 Å². The van der Waals surface area contributed by atoms with E-state index in [1.54, 1.807) is 30.3 Å². The molecule has 3 aromatic carbocycles. The molecule has 2 heterocycles. The van der Waals surface area contributed by atoms with Crippen molar-refractivity contribution >= 4 is 17.6 Å². The zero-order chi connectivity index (χ0) is 26.1. The summed E-state index contributed by atoms with van der Waals surface area (Å²) < 4.78 is 12.1. The van der Waals surface area contributed by atoms with Crippen molar-refractivity contribution in [3.8, 4) is 28.5 Å². The molecule has 0 unspecified atom stereocenters. The summed E-state index contributed by atoms with van der Waals surface area (Å²) in [5, 5.41) is 21.0. The number of carbonyl (C=O) groups is 2. The van der Waals surface area contributed by atoms with Crippen molar-refractivity contribution in [2.24, 2.45) is 0 Å². The second-order valence-corrected chi connectivity index (χ2v) is 9.36. The topological polar surface area (TPSA) is 115 Å². The van der Waals surface area contributed by atoms with Crippen molar-refractivity contribution in [1.82, 2.24) is 15.1 Å². The van der Waals surface area contributed by atoms with Crippen molar-refractivity contribution in [1.29, 1.82) is 0 Å². The van der Waals surface area contributed by atoms with Gasteiger partial charge in [-0.15, -0.1) is 0 Å². The maximum absolute atomic E-state index is 13.0. The van der Waals surface area contributed by atoms with E-state index in [1.165, 1.54) is 10.7 Å². The molecule has 1 aromatic heterocycles. The van der Waals surface area contributed by atoms with E-state index in [4.69, 9.17) is 9.47 Å². The van der Waals surface area contributed by atoms with Crippen molar-refractivity contribution in [2.45, 2.75) is 25.2 Å². The molecule has 2 amide bonds. The number of aromatic nitrogens is 2. The van der Waals surface area contributed by atoms with Crippen LogP contribution in [0.4, 0.5) is 10.5 Å². The molecule has 3 N–H and O–H groups in total.